The Morgan fingerprint density at radius 2 is 2.33 bits per heavy atom. The van der Waals surface area contributed by atoms with Gasteiger partial charge in [0.25, 0.3) is 0 Å². The number of likely N-dealkylation sites (tertiary alicyclic amines) is 1. The van der Waals surface area contributed by atoms with Gasteiger partial charge >= 0.3 is 0 Å². The Labute approximate surface area is 92.1 Å². The van der Waals surface area contributed by atoms with E-state index in [2.05, 4.69) is 27.6 Å². The molecule has 1 saturated heterocycles. The van der Waals surface area contributed by atoms with Crippen LogP contribution in [0.25, 0.3) is 0 Å². The topological polar surface area (TPSA) is 65.7 Å². The van der Waals surface area contributed by atoms with E-state index in [4.69, 9.17) is 5.84 Å². The molecule has 1 atom stereocenters. The third-order valence-corrected chi connectivity index (χ3v) is 2.81. The van der Waals surface area contributed by atoms with Crippen LogP contribution >= 0.6 is 0 Å². The zero-order valence-corrected chi connectivity index (χ0v) is 9.79. The SMILES string of the molecule is CCNC(=NCC1CCN(CC)C1)NN. The molecule has 88 valence electrons. The fourth-order valence-electron chi connectivity index (χ4n) is 1.89. The monoisotopic (exact) mass is 213 g/mol. The Morgan fingerprint density at radius 3 is 2.87 bits per heavy atom. The van der Waals surface area contributed by atoms with Crippen molar-refractivity contribution in [3.63, 3.8) is 0 Å². The van der Waals surface area contributed by atoms with E-state index in [1.54, 1.807) is 0 Å². The van der Waals surface area contributed by atoms with E-state index in [0.29, 0.717) is 11.9 Å². The molecule has 0 radical (unpaired) electrons. The Morgan fingerprint density at radius 1 is 1.53 bits per heavy atom. The van der Waals surface area contributed by atoms with Gasteiger partial charge in [-0.3, -0.25) is 10.4 Å². The first-order chi connectivity index (χ1) is 7.30. The van der Waals surface area contributed by atoms with Crippen molar-refractivity contribution in [2.45, 2.75) is 20.3 Å². The van der Waals surface area contributed by atoms with Gasteiger partial charge < -0.3 is 10.2 Å². The van der Waals surface area contributed by atoms with Crippen molar-refractivity contribution in [2.24, 2.45) is 16.8 Å². The van der Waals surface area contributed by atoms with Gasteiger partial charge in [0.15, 0.2) is 0 Å². The average Bonchev–Trinajstić information content (AvgIpc) is 2.72. The number of nitrogens with one attached hydrogen (secondary N) is 2. The Kier molecular flexibility index (Phi) is 5.42. The van der Waals surface area contributed by atoms with E-state index < -0.39 is 0 Å². The number of aliphatic imine (C=N–C) groups is 1. The minimum absolute atomic E-state index is 0.687. The summed E-state index contributed by atoms with van der Waals surface area (Å²) in [6.07, 6.45) is 1.25. The Balaban J connectivity index is 2.29. The van der Waals surface area contributed by atoms with Crippen LogP contribution < -0.4 is 16.6 Å². The highest BCUT2D eigenvalue weighted by atomic mass is 15.3. The van der Waals surface area contributed by atoms with Crippen LogP contribution in [0.1, 0.15) is 20.3 Å². The zero-order chi connectivity index (χ0) is 11.1. The van der Waals surface area contributed by atoms with Crippen LogP contribution in [0, 0.1) is 5.92 Å². The highest BCUT2D eigenvalue weighted by molar-refractivity contribution is 5.79. The Bertz CT molecular complexity index is 204. The van der Waals surface area contributed by atoms with E-state index in [0.717, 1.165) is 19.6 Å². The molecular formula is C10H23N5. The maximum Gasteiger partial charge on any atom is 0.205 e. The molecular weight excluding hydrogens is 190 g/mol. The minimum atomic E-state index is 0.687. The summed E-state index contributed by atoms with van der Waals surface area (Å²) in [5, 5.41) is 3.08. The normalized spacial score (nSPS) is 23.1. The molecule has 1 aliphatic heterocycles. The van der Waals surface area contributed by atoms with Crippen molar-refractivity contribution < 1.29 is 0 Å². The summed E-state index contributed by atoms with van der Waals surface area (Å²) >= 11 is 0. The lowest BCUT2D eigenvalue weighted by atomic mass is 10.1. The number of hydrazine groups is 1. The number of hydrogen-bond donors (Lipinski definition) is 3. The molecule has 1 unspecified atom stereocenters. The van der Waals surface area contributed by atoms with Crippen LogP contribution in [-0.2, 0) is 0 Å². The van der Waals surface area contributed by atoms with Crippen LogP contribution in [0.15, 0.2) is 4.99 Å². The fraction of sp³-hybridized carbons (Fsp3) is 0.900. The van der Waals surface area contributed by atoms with E-state index in [9.17, 15) is 0 Å². The number of hydrogen-bond acceptors (Lipinski definition) is 3. The predicted molar refractivity (Wildman–Crippen MR) is 63.5 cm³/mol. The molecule has 1 rings (SSSR count). The van der Waals surface area contributed by atoms with E-state index in [1.807, 2.05) is 6.92 Å². The zero-order valence-electron chi connectivity index (χ0n) is 9.79. The van der Waals surface area contributed by atoms with Crippen LogP contribution in [0.5, 0.6) is 0 Å². The van der Waals surface area contributed by atoms with Gasteiger partial charge in [-0.25, -0.2) is 5.84 Å². The maximum atomic E-state index is 5.34. The van der Waals surface area contributed by atoms with Crippen molar-refractivity contribution in [1.29, 1.82) is 0 Å². The first kappa shape index (κ1) is 12.3. The van der Waals surface area contributed by atoms with Crippen LogP contribution in [0.3, 0.4) is 0 Å². The van der Waals surface area contributed by atoms with E-state index >= 15 is 0 Å². The summed E-state index contributed by atoms with van der Waals surface area (Å²) in [6, 6.07) is 0. The first-order valence-electron chi connectivity index (χ1n) is 5.77. The second-order valence-electron chi connectivity index (χ2n) is 3.91. The second-order valence-corrected chi connectivity index (χ2v) is 3.91. The first-order valence-corrected chi connectivity index (χ1v) is 5.77. The van der Waals surface area contributed by atoms with Gasteiger partial charge in [-0.15, -0.1) is 0 Å². The van der Waals surface area contributed by atoms with Crippen molar-refractivity contribution in [3.05, 3.63) is 0 Å². The quantitative estimate of drug-likeness (QED) is 0.261. The third kappa shape index (κ3) is 4.05. The van der Waals surface area contributed by atoms with Crippen molar-refractivity contribution >= 4 is 5.96 Å². The van der Waals surface area contributed by atoms with Gasteiger partial charge in [0.1, 0.15) is 0 Å². The van der Waals surface area contributed by atoms with Gasteiger partial charge in [0.2, 0.25) is 5.96 Å². The fourth-order valence-corrected chi connectivity index (χ4v) is 1.89. The largest absolute Gasteiger partial charge is 0.356 e. The van der Waals surface area contributed by atoms with Gasteiger partial charge in [0.05, 0.1) is 0 Å². The molecule has 0 aromatic carbocycles. The van der Waals surface area contributed by atoms with Gasteiger partial charge in [-0.1, -0.05) is 6.92 Å². The van der Waals surface area contributed by atoms with Crippen LogP contribution in [-0.4, -0.2) is 43.6 Å². The summed E-state index contributed by atoms with van der Waals surface area (Å²) in [6.45, 7) is 9.47. The van der Waals surface area contributed by atoms with Gasteiger partial charge in [-0.2, -0.15) is 0 Å². The number of rotatable bonds is 4. The maximum absolute atomic E-state index is 5.34. The molecule has 0 amide bonds. The number of nitrogens with zero attached hydrogens (tertiary/aromatic N) is 2. The minimum Gasteiger partial charge on any atom is -0.356 e. The number of nitrogens with two attached hydrogens (primary N) is 1. The van der Waals surface area contributed by atoms with Crippen molar-refractivity contribution in [3.8, 4) is 0 Å². The Hall–Kier alpha value is -0.810. The lowest BCUT2D eigenvalue weighted by molar-refractivity contribution is 0.343. The van der Waals surface area contributed by atoms with Gasteiger partial charge in [0, 0.05) is 19.6 Å². The molecule has 1 aliphatic rings. The van der Waals surface area contributed by atoms with Crippen LogP contribution in [0.4, 0.5) is 0 Å². The molecule has 0 spiro atoms. The molecule has 0 aromatic heterocycles. The highest BCUT2D eigenvalue weighted by Crippen LogP contribution is 2.15. The highest BCUT2D eigenvalue weighted by Gasteiger charge is 2.20. The molecule has 1 heterocycles. The van der Waals surface area contributed by atoms with Crippen LogP contribution in [0.2, 0.25) is 0 Å². The van der Waals surface area contributed by atoms with E-state index in [1.165, 1.54) is 19.5 Å². The van der Waals surface area contributed by atoms with Crippen molar-refractivity contribution in [2.75, 3.05) is 32.7 Å². The molecule has 0 aliphatic carbocycles. The molecule has 0 aromatic rings. The molecule has 0 saturated carbocycles. The van der Waals surface area contributed by atoms with Crippen molar-refractivity contribution in [1.82, 2.24) is 15.6 Å². The molecule has 15 heavy (non-hydrogen) atoms. The summed E-state index contributed by atoms with van der Waals surface area (Å²) in [5.74, 6) is 6.73. The summed E-state index contributed by atoms with van der Waals surface area (Å²) in [5.41, 5.74) is 2.58. The lowest BCUT2D eigenvalue weighted by Crippen LogP contribution is -2.41. The lowest BCUT2D eigenvalue weighted by Gasteiger charge is -2.12. The smallest absolute Gasteiger partial charge is 0.205 e. The molecule has 5 heteroatoms. The molecule has 0 bridgehead atoms. The van der Waals surface area contributed by atoms with E-state index in [-0.39, 0.29) is 0 Å². The number of guanidine groups is 1. The molecule has 4 N–H and O–H groups in total. The summed E-state index contributed by atoms with van der Waals surface area (Å²) in [4.78, 5) is 6.89. The second kappa shape index (κ2) is 6.63. The van der Waals surface area contributed by atoms with Gasteiger partial charge in [-0.05, 0) is 32.4 Å². The predicted octanol–water partition coefficient (Wildman–Crippen LogP) is -0.243. The molecule has 1 fully saturated rings. The third-order valence-electron chi connectivity index (χ3n) is 2.81. The standard InChI is InChI=1S/C10H23N5/c1-3-12-10(14-11)13-7-9-5-6-15(4-2)8-9/h9H,3-8,11H2,1-2H3,(H2,12,13,14). The summed E-state index contributed by atoms with van der Waals surface area (Å²) in [7, 11) is 0. The summed E-state index contributed by atoms with van der Waals surface area (Å²) < 4.78 is 0. The average molecular weight is 213 g/mol. The molecule has 5 nitrogen and oxygen atoms in total.